The van der Waals surface area contributed by atoms with E-state index < -0.39 is 0 Å². The van der Waals surface area contributed by atoms with E-state index >= 15 is 0 Å². The number of rotatable bonds is 2. The average molecular weight is 196 g/mol. The van der Waals surface area contributed by atoms with Gasteiger partial charge in [0.1, 0.15) is 0 Å². The third-order valence-electron chi connectivity index (χ3n) is 2.85. The summed E-state index contributed by atoms with van der Waals surface area (Å²) in [5, 5.41) is 2.68. The summed E-state index contributed by atoms with van der Waals surface area (Å²) in [6.45, 7) is 0.682. The van der Waals surface area contributed by atoms with Gasteiger partial charge in [-0.05, 0) is 39.6 Å². The maximum atomic E-state index is 5.17. The quantitative estimate of drug-likeness (QED) is 0.609. The van der Waals surface area contributed by atoms with Gasteiger partial charge < -0.3 is 4.74 Å². The first-order valence-corrected chi connectivity index (χ1v) is 5.11. The molecule has 0 aromatic heterocycles. The van der Waals surface area contributed by atoms with Gasteiger partial charge >= 0.3 is 0 Å². The molecule has 0 spiro atoms. The molecule has 0 atom stereocenters. The van der Waals surface area contributed by atoms with Crippen molar-refractivity contribution in [1.82, 2.24) is 0 Å². The summed E-state index contributed by atoms with van der Waals surface area (Å²) >= 11 is 0. The van der Waals surface area contributed by atoms with E-state index in [0.717, 1.165) is 0 Å². The Kier molecular flexibility index (Phi) is 1.86. The Balaban J connectivity index is 2.30. The van der Waals surface area contributed by atoms with E-state index in [1.54, 1.807) is 7.11 Å². The monoisotopic (exact) mass is 196 g/mol. The Morgan fingerprint density at radius 1 is 1.07 bits per heavy atom. The van der Waals surface area contributed by atoms with Crippen molar-refractivity contribution in [3.63, 3.8) is 0 Å². The van der Waals surface area contributed by atoms with Gasteiger partial charge in [0, 0.05) is 7.11 Å². The van der Waals surface area contributed by atoms with Crippen LogP contribution in [0.25, 0.3) is 22.9 Å². The van der Waals surface area contributed by atoms with Crippen LogP contribution >= 0.6 is 0 Å². The van der Waals surface area contributed by atoms with Gasteiger partial charge in [-0.25, -0.2) is 0 Å². The second kappa shape index (κ2) is 3.21. The lowest BCUT2D eigenvalue weighted by Gasteiger charge is -2.05. The molecule has 1 aliphatic rings. The molecule has 0 heterocycles. The first-order valence-electron chi connectivity index (χ1n) is 5.11. The van der Waals surface area contributed by atoms with Crippen LogP contribution < -0.4 is 0 Å². The zero-order valence-corrected chi connectivity index (χ0v) is 8.66. The molecule has 0 N–H and O–H groups in total. The van der Waals surface area contributed by atoms with Crippen molar-refractivity contribution < 1.29 is 4.74 Å². The first kappa shape index (κ1) is 8.69. The average Bonchev–Trinajstić information content (AvgIpc) is 2.64. The normalized spacial score (nSPS) is 12.6. The summed E-state index contributed by atoms with van der Waals surface area (Å²) in [5.74, 6) is 0. The predicted octanol–water partition coefficient (Wildman–Crippen LogP) is 3.47. The number of ether oxygens (including phenoxy) is 1. The fourth-order valence-corrected chi connectivity index (χ4v) is 2.26. The lowest BCUT2D eigenvalue weighted by atomic mass is 10.0. The Morgan fingerprint density at radius 2 is 1.93 bits per heavy atom. The van der Waals surface area contributed by atoms with Crippen molar-refractivity contribution in [2.75, 3.05) is 7.11 Å². The molecule has 0 aliphatic heterocycles. The fourth-order valence-electron chi connectivity index (χ4n) is 2.26. The molecule has 2 aromatic carbocycles. The lowest BCUT2D eigenvalue weighted by molar-refractivity contribution is 0.185. The molecular formula is C14H12O. The maximum Gasteiger partial charge on any atom is 0.0713 e. The SMILES string of the molecule is COCc1cc2c3c(cccc3c1)C=C2. The highest BCUT2D eigenvalue weighted by Gasteiger charge is 2.09. The van der Waals surface area contributed by atoms with Crippen LogP contribution in [0.15, 0.2) is 30.3 Å². The minimum absolute atomic E-state index is 0.682. The van der Waals surface area contributed by atoms with Crippen molar-refractivity contribution in [2.45, 2.75) is 6.61 Å². The minimum Gasteiger partial charge on any atom is -0.380 e. The van der Waals surface area contributed by atoms with Gasteiger partial charge in [0.05, 0.1) is 6.61 Å². The smallest absolute Gasteiger partial charge is 0.0713 e. The molecule has 0 amide bonds. The van der Waals surface area contributed by atoms with Crippen LogP contribution in [0.2, 0.25) is 0 Å². The van der Waals surface area contributed by atoms with Crippen molar-refractivity contribution in [2.24, 2.45) is 0 Å². The molecule has 0 unspecified atom stereocenters. The van der Waals surface area contributed by atoms with Crippen molar-refractivity contribution in [3.8, 4) is 0 Å². The van der Waals surface area contributed by atoms with Crippen LogP contribution in [0.1, 0.15) is 16.7 Å². The Labute approximate surface area is 89.0 Å². The highest BCUT2D eigenvalue weighted by Crippen LogP contribution is 2.32. The highest BCUT2D eigenvalue weighted by atomic mass is 16.5. The first-order chi connectivity index (χ1) is 7.38. The topological polar surface area (TPSA) is 9.23 Å². The Morgan fingerprint density at radius 3 is 2.80 bits per heavy atom. The van der Waals surface area contributed by atoms with Crippen LogP contribution in [0.3, 0.4) is 0 Å². The van der Waals surface area contributed by atoms with Gasteiger partial charge in [-0.15, -0.1) is 0 Å². The van der Waals surface area contributed by atoms with Gasteiger partial charge in [-0.1, -0.05) is 30.4 Å². The summed E-state index contributed by atoms with van der Waals surface area (Å²) in [6.07, 6.45) is 4.35. The van der Waals surface area contributed by atoms with Crippen molar-refractivity contribution in [1.29, 1.82) is 0 Å². The largest absolute Gasteiger partial charge is 0.380 e. The molecule has 1 aliphatic carbocycles. The fraction of sp³-hybridized carbons (Fsp3) is 0.143. The molecule has 0 saturated heterocycles. The second-order valence-electron chi connectivity index (χ2n) is 3.90. The molecule has 74 valence electrons. The van der Waals surface area contributed by atoms with E-state index in [1.165, 1.54) is 27.5 Å². The minimum atomic E-state index is 0.682. The molecular weight excluding hydrogens is 184 g/mol. The maximum absolute atomic E-state index is 5.17. The number of benzene rings is 2. The molecule has 1 nitrogen and oxygen atoms in total. The van der Waals surface area contributed by atoms with Gasteiger partial charge in [0.2, 0.25) is 0 Å². The van der Waals surface area contributed by atoms with E-state index in [2.05, 4.69) is 42.5 Å². The third kappa shape index (κ3) is 1.28. The molecule has 0 fully saturated rings. The Hall–Kier alpha value is -1.60. The van der Waals surface area contributed by atoms with Crippen LogP contribution in [0.5, 0.6) is 0 Å². The molecule has 0 radical (unpaired) electrons. The van der Waals surface area contributed by atoms with Crippen LogP contribution in [0.4, 0.5) is 0 Å². The number of hydrogen-bond acceptors (Lipinski definition) is 1. The standard InChI is InChI=1S/C14H12O/c1-15-9-10-7-12-4-2-3-11-5-6-13(8-10)14(11)12/h2-8H,9H2,1H3. The molecule has 15 heavy (non-hydrogen) atoms. The van der Waals surface area contributed by atoms with Crippen LogP contribution in [-0.2, 0) is 11.3 Å². The van der Waals surface area contributed by atoms with Gasteiger partial charge in [0.15, 0.2) is 0 Å². The van der Waals surface area contributed by atoms with E-state index in [4.69, 9.17) is 4.74 Å². The lowest BCUT2D eigenvalue weighted by Crippen LogP contribution is -1.89. The second-order valence-corrected chi connectivity index (χ2v) is 3.90. The predicted molar refractivity (Wildman–Crippen MR) is 63.6 cm³/mol. The van der Waals surface area contributed by atoms with E-state index in [9.17, 15) is 0 Å². The van der Waals surface area contributed by atoms with Gasteiger partial charge in [-0.3, -0.25) is 0 Å². The molecule has 0 bridgehead atoms. The summed E-state index contributed by atoms with van der Waals surface area (Å²) in [4.78, 5) is 0. The third-order valence-corrected chi connectivity index (χ3v) is 2.85. The zero-order valence-electron chi connectivity index (χ0n) is 8.66. The van der Waals surface area contributed by atoms with Crippen molar-refractivity contribution >= 4 is 22.9 Å². The number of hydrogen-bond donors (Lipinski definition) is 0. The van der Waals surface area contributed by atoms with Crippen LogP contribution in [0, 0.1) is 0 Å². The summed E-state index contributed by atoms with van der Waals surface area (Å²) in [5.41, 5.74) is 3.88. The molecule has 3 rings (SSSR count). The van der Waals surface area contributed by atoms with Crippen LogP contribution in [-0.4, -0.2) is 7.11 Å². The van der Waals surface area contributed by atoms with Crippen molar-refractivity contribution in [3.05, 3.63) is 47.0 Å². The highest BCUT2D eigenvalue weighted by molar-refractivity contribution is 6.05. The van der Waals surface area contributed by atoms with E-state index in [1.807, 2.05) is 0 Å². The molecule has 0 saturated carbocycles. The zero-order chi connectivity index (χ0) is 10.3. The summed E-state index contributed by atoms with van der Waals surface area (Å²) < 4.78 is 5.17. The Bertz CT molecular complexity index is 553. The van der Waals surface area contributed by atoms with Gasteiger partial charge in [0.25, 0.3) is 0 Å². The van der Waals surface area contributed by atoms with E-state index in [0.29, 0.717) is 6.61 Å². The van der Waals surface area contributed by atoms with E-state index in [-0.39, 0.29) is 0 Å². The summed E-state index contributed by atoms with van der Waals surface area (Å²) in [6, 6.07) is 10.8. The summed E-state index contributed by atoms with van der Waals surface area (Å²) in [7, 11) is 1.73. The number of methoxy groups -OCH3 is 1. The van der Waals surface area contributed by atoms with Gasteiger partial charge in [-0.2, -0.15) is 0 Å². The molecule has 1 heteroatoms. The molecule has 2 aromatic rings.